The summed E-state index contributed by atoms with van der Waals surface area (Å²) in [6.45, 7) is 2.12. The zero-order valence-corrected chi connectivity index (χ0v) is 10.4. The molecule has 0 aliphatic carbocycles. The predicted molar refractivity (Wildman–Crippen MR) is 66.0 cm³/mol. The monoisotopic (exact) mass is 255 g/mol. The van der Waals surface area contributed by atoms with E-state index >= 15 is 0 Å². The fraction of sp³-hybridized carbons (Fsp3) is 0.538. The molecule has 0 fully saturated rings. The molecule has 4 nitrogen and oxygen atoms in total. The van der Waals surface area contributed by atoms with E-state index in [9.17, 15) is 4.39 Å². The number of halogens is 1. The molecule has 0 bridgehead atoms. The Bertz CT molecular complexity index is 409. The third kappa shape index (κ3) is 3.04. The van der Waals surface area contributed by atoms with Gasteiger partial charge in [-0.25, -0.2) is 0 Å². The molecule has 0 aromatic heterocycles. The lowest BCUT2D eigenvalue weighted by Gasteiger charge is -2.13. The summed E-state index contributed by atoms with van der Waals surface area (Å²) in [4.78, 5) is 0. The summed E-state index contributed by atoms with van der Waals surface area (Å²) in [5.74, 6) is 2.08. The first-order valence-corrected chi connectivity index (χ1v) is 6.07. The summed E-state index contributed by atoms with van der Waals surface area (Å²) in [5, 5.41) is 0. The van der Waals surface area contributed by atoms with Gasteiger partial charge < -0.3 is 19.9 Å². The van der Waals surface area contributed by atoms with E-state index in [1.165, 1.54) is 0 Å². The third-order valence-electron chi connectivity index (χ3n) is 2.63. The van der Waals surface area contributed by atoms with Crippen LogP contribution in [0.3, 0.4) is 0 Å². The van der Waals surface area contributed by atoms with Crippen LogP contribution in [-0.4, -0.2) is 26.1 Å². The lowest BCUT2D eigenvalue weighted by molar-refractivity contribution is 0.173. The van der Waals surface area contributed by atoms with Gasteiger partial charge in [-0.2, -0.15) is 0 Å². The predicted octanol–water partition coefficient (Wildman–Crippen LogP) is 2.04. The van der Waals surface area contributed by atoms with Crippen molar-refractivity contribution in [3.63, 3.8) is 0 Å². The minimum Gasteiger partial charge on any atom is -0.493 e. The van der Waals surface area contributed by atoms with Gasteiger partial charge in [0.25, 0.3) is 0 Å². The average molecular weight is 255 g/mol. The number of ether oxygens (including phenoxy) is 3. The largest absolute Gasteiger partial charge is 0.493 e. The van der Waals surface area contributed by atoms with Crippen LogP contribution in [0.4, 0.5) is 4.39 Å². The van der Waals surface area contributed by atoms with Gasteiger partial charge in [0.05, 0.1) is 13.3 Å². The maximum absolute atomic E-state index is 12.1. The Morgan fingerprint density at radius 3 is 2.78 bits per heavy atom. The van der Waals surface area contributed by atoms with Crippen molar-refractivity contribution >= 4 is 0 Å². The molecule has 5 heteroatoms. The Morgan fingerprint density at radius 1 is 1.39 bits per heavy atom. The van der Waals surface area contributed by atoms with Crippen molar-refractivity contribution in [2.45, 2.75) is 25.8 Å². The molecule has 1 atom stereocenters. The summed E-state index contributed by atoms with van der Waals surface area (Å²) in [5.41, 5.74) is 6.77. The van der Waals surface area contributed by atoms with E-state index < -0.39 is 0 Å². The van der Waals surface area contributed by atoms with Crippen LogP contribution in [0.25, 0.3) is 0 Å². The Balaban J connectivity index is 2.18. The van der Waals surface area contributed by atoms with E-state index in [4.69, 9.17) is 19.9 Å². The molecule has 0 radical (unpaired) electrons. The highest BCUT2D eigenvalue weighted by atomic mass is 19.1. The van der Waals surface area contributed by atoms with Crippen molar-refractivity contribution in [1.29, 1.82) is 0 Å². The second kappa shape index (κ2) is 5.91. The first kappa shape index (κ1) is 13.0. The molecule has 2 rings (SSSR count). The first-order chi connectivity index (χ1) is 8.70. The lowest BCUT2D eigenvalue weighted by Crippen LogP contribution is -2.18. The van der Waals surface area contributed by atoms with E-state index in [1.807, 2.05) is 13.0 Å². The molecule has 1 unspecified atom stereocenters. The quantitative estimate of drug-likeness (QED) is 0.790. The van der Waals surface area contributed by atoms with Crippen LogP contribution < -0.4 is 19.9 Å². The summed E-state index contributed by atoms with van der Waals surface area (Å²) >= 11 is 0. The second-order valence-electron chi connectivity index (χ2n) is 4.39. The number of benzene rings is 1. The van der Waals surface area contributed by atoms with Crippen LogP contribution in [0, 0.1) is 0 Å². The third-order valence-corrected chi connectivity index (χ3v) is 2.63. The first-order valence-electron chi connectivity index (χ1n) is 6.07. The van der Waals surface area contributed by atoms with Gasteiger partial charge in [-0.1, -0.05) is 0 Å². The van der Waals surface area contributed by atoms with Crippen molar-refractivity contribution in [3.8, 4) is 17.2 Å². The number of fused-ring (bicyclic) bond motifs is 1. The summed E-state index contributed by atoms with van der Waals surface area (Å²) < 4.78 is 28.3. The Hall–Kier alpha value is -1.49. The SMILES string of the molecule is CC(N)Cc1cc2c(cc1OCCCF)OCO2. The average Bonchev–Trinajstić information content (AvgIpc) is 2.75. The fourth-order valence-corrected chi connectivity index (χ4v) is 1.84. The highest BCUT2D eigenvalue weighted by molar-refractivity contribution is 5.52. The molecular weight excluding hydrogens is 237 g/mol. The Morgan fingerprint density at radius 2 is 2.11 bits per heavy atom. The molecule has 0 saturated carbocycles. The van der Waals surface area contributed by atoms with E-state index in [2.05, 4.69) is 0 Å². The lowest BCUT2D eigenvalue weighted by atomic mass is 10.1. The Labute approximate surface area is 106 Å². The van der Waals surface area contributed by atoms with Gasteiger partial charge in [-0.3, -0.25) is 4.39 Å². The van der Waals surface area contributed by atoms with Crippen molar-refractivity contribution in [3.05, 3.63) is 17.7 Å². The van der Waals surface area contributed by atoms with Gasteiger partial charge in [0, 0.05) is 18.5 Å². The molecule has 1 aliphatic heterocycles. The molecule has 100 valence electrons. The standard InChI is InChI=1S/C13H18FNO3/c1-9(15)5-10-6-12-13(18-8-17-12)7-11(10)16-4-2-3-14/h6-7,9H,2-5,8,15H2,1H3. The van der Waals surface area contributed by atoms with E-state index in [0.717, 1.165) is 5.56 Å². The molecule has 0 saturated heterocycles. The van der Waals surface area contributed by atoms with Crippen LogP contribution in [0.5, 0.6) is 17.2 Å². The molecule has 1 heterocycles. The highest BCUT2D eigenvalue weighted by Crippen LogP contribution is 2.38. The summed E-state index contributed by atoms with van der Waals surface area (Å²) in [7, 11) is 0. The van der Waals surface area contributed by atoms with Gasteiger partial charge in [0.1, 0.15) is 5.75 Å². The topological polar surface area (TPSA) is 53.7 Å². The molecule has 0 amide bonds. The minimum absolute atomic E-state index is 0.0221. The molecule has 0 spiro atoms. The van der Waals surface area contributed by atoms with Crippen LogP contribution in [-0.2, 0) is 6.42 Å². The van der Waals surface area contributed by atoms with Crippen LogP contribution in [0.2, 0.25) is 0 Å². The minimum atomic E-state index is -0.382. The fourth-order valence-electron chi connectivity index (χ4n) is 1.84. The second-order valence-corrected chi connectivity index (χ2v) is 4.39. The number of hydrogen-bond donors (Lipinski definition) is 1. The molecule has 18 heavy (non-hydrogen) atoms. The number of rotatable bonds is 6. The normalized spacial score (nSPS) is 14.6. The summed E-state index contributed by atoms with van der Waals surface area (Å²) in [6.07, 6.45) is 1.06. The van der Waals surface area contributed by atoms with Crippen LogP contribution in [0.15, 0.2) is 12.1 Å². The maximum Gasteiger partial charge on any atom is 0.231 e. The highest BCUT2D eigenvalue weighted by Gasteiger charge is 2.18. The molecule has 2 N–H and O–H groups in total. The maximum atomic E-state index is 12.1. The Kier molecular flexibility index (Phi) is 4.25. The molecular formula is C13H18FNO3. The van der Waals surface area contributed by atoms with E-state index in [0.29, 0.717) is 36.7 Å². The number of hydrogen-bond acceptors (Lipinski definition) is 4. The molecule has 1 aliphatic rings. The zero-order chi connectivity index (χ0) is 13.0. The van der Waals surface area contributed by atoms with Gasteiger partial charge in [-0.05, 0) is 25.0 Å². The van der Waals surface area contributed by atoms with Crippen molar-refractivity contribution in [2.24, 2.45) is 5.73 Å². The van der Waals surface area contributed by atoms with Gasteiger partial charge in [0.15, 0.2) is 11.5 Å². The van der Waals surface area contributed by atoms with E-state index in [-0.39, 0.29) is 19.5 Å². The molecule has 1 aromatic carbocycles. The number of nitrogens with two attached hydrogens (primary N) is 1. The smallest absolute Gasteiger partial charge is 0.231 e. The van der Waals surface area contributed by atoms with Crippen LogP contribution >= 0.6 is 0 Å². The molecule has 1 aromatic rings. The van der Waals surface area contributed by atoms with Gasteiger partial charge in [-0.15, -0.1) is 0 Å². The number of alkyl halides is 1. The van der Waals surface area contributed by atoms with Gasteiger partial charge >= 0.3 is 0 Å². The van der Waals surface area contributed by atoms with Crippen molar-refractivity contribution < 1.29 is 18.6 Å². The van der Waals surface area contributed by atoms with Gasteiger partial charge in [0.2, 0.25) is 6.79 Å². The summed E-state index contributed by atoms with van der Waals surface area (Å²) in [6, 6.07) is 3.70. The van der Waals surface area contributed by atoms with Crippen molar-refractivity contribution in [2.75, 3.05) is 20.1 Å². The zero-order valence-electron chi connectivity index (χ0n) is 10.4. The van der Waals surface area contributed by atoms with Crippen LogP contribution in [0.1, 0.15) is 18.9 Å². The van der Waals surface area contributed by atoms with E-state index in [1.54, 1.807) is 6.07 Å². The van der Waals surface area contributed by atoms with Crippen molar-refractivity contribution in [1.82, 2.24) is 0 Å².